The number of carbonyl (C=O) groups excluding carboxylic acids is 3. The first-order valence-electron chi connectivity index (χ1n) is 25.9. The molecule has 0 saturated heterocycles. The zero-order valence-electron chi connectivity index (χ0n) is 39.5. The quantitative estimate of drug-likeness (QED) is 0.0346. The lowest BCUT2D eigenvalue weighted by atomic mass is 10.0. The molecule has 0 fully saturated rings. The molecule has 6 heteroatoms. The minimum atomic E-state index is -0.760. The van der Waals surface area contributed by atoms with Gasteiger partial charge in [-0.1, -0.05) is 252 Å². The van der Waals surface area contributed by atoms with E-state index < -0.39 is 6.10 Å². The summed E-state index contributed by atoms with van der Waals surface area (Å²) >= 11 is 0. The molecule has 0 radical (unpaired) electrons. The molecule has 0 heterocycles. The molecule has 344 valence electrons. The molecule has 0 spiro atoms. The fourth-order valence-corrected chi connectivity index (χ4v) is 7.86. The molecule has 58 heavy (non-hydrogen) atoms. The van der Waals surface area contributed by atoms with Crippen LogP contribution in [0, 0.1) is 5.92 Å². The average molecular weight is 821 g/mol. The Morgan fingerprint density at radius 3 is 0.845 bits per heavy atom. The number of hydrogen-bond donors (Lipinski definition) is 0. The molecule has 0 N–H and O–H groups in total. The third kappa shape index (κ3) is 45.5. The Bertz CT molecular complexity index is 872. The van der Waals surface area contributed by atoms with Crippen molar-refractivity contribution in [3.63, 3.8) is 0 Å². The summed E-state index contributed by atoms with van der Waals surface area (Å²) in [5.41, 5.74) is 0. The lowest BCUT2D eigenvalue weighted by Crippen LogP contribution is -2.30. The van der Waals surface area contributed by atoms with Gasteiger partial charge in [0.2, 0.25) is 0 Å². The average Bonchev–Trinajstić information content (AvgIpc) is 3.21. The highest BCUT2D eigenvalue weighted by Crippen LogP contribution is 2.17. The Kier molecular flexibility index (Phi) is 45.2. The van der Waals surface area contributed by atoms with Gasteiger partial charge in [-0.15, -0.1) is 0 Å². The lowest BCUT2D eigenvalue weighted by Gasteiger charge is -2.18. The Balaban J connectivity index is 4.30. The second-order valence-electron chi connectivity index (χ2n) is 18.3. The summed E-state index contributed by atoms with van der Waals surface area (Å²) in [6, 6.07) is 0. The Labute approximate surface area is 361 Å². The minimum Gasteiger partial charge on any atom is -0.462 e. The van der Waals surface area contributed by atoms with Crippen LogP contribution in [0.4, 0.5) is 0 Å². The van der Waals surface area contributed by atoms with E-state index in [4.69, 9.17) is 14.2 Å². The van der Waals surface area contributed by atoms with Crippen molar-refractivity contribution in [2.45, 2.75) is 297 Å². The molecule has 0 aromatic heterocycles. The number of unbranched alkanes of at least 4 members (excludes halogenated alkanes) is 34. The van der Waals surface area contributed by atoms with Crippen LogP contribution in [0.15, 0.2) is 0 Å². The first-order valence-corrected chi connectivity index (χ1v) is 25.9. The SMILES string of the molecule is CCCCCCCCCCCCCCCCCC(=O)OC[C@H](COC(=O)CCCCCCCCCCCC(C)C)OC(=O)CCCCCCCCCCCCCCC. The van der Waals surface area contributed by atoms with Crippen LogP contribution < -0.4 is 0 Å². The van der Waals surface area contributed by atoms with Crippen molar-refractivity contribution in [1.82, 2.24) is 0 Å². The predicted octanol–water partition coefficient (Wildman–Crippen LogP) is 16.7. The van der Waals surface area contributed by atoms with E-state index in [1.807, 2.05) is 0 Å². The number of hydrogen-bond acceptors (Lipinski definition) is 6. The molecule has 1 atom stereocenters. The highest BCUT2D eigenvalue weighted by Gasteiger charge is 2.19. The lowest BCUT2D eigenvalue weighted by molar-refractivity contribution is -0.167. The minimum absolute atomic E-state index is 0.0628. The molecular formula is C52H100O6. The van der Waals surface area contributed by atoms with Crippen molar-refractivity contribution >= 4 is 17.9 Å². The molecule has 0 bridgehead atoms. The van der Waals surface area contributed by atoms with Crippen LogP contribution in [0.3, 0.4) is 0 Å². The van der Waals surface area contributed by atoms with E-state index in [9.17, 15) is 14.4 Å². The summed E-state index contributed by atoms with van der Waals surface area (Å²) in [4.78, 5) is 37.9. The van der Waals surface area contributed by atoms with Crippen molar-refractivity contribution < 1.29 is 28.6 Å². The molecule has 0 aliphatic rings. The van der Waals surface area contributed by atoms with Gasteiger partial charge in [-0.05, 0) is 25.2 Å². The fraction of sp³-hybridized carbons (Fsp3) is 0.942. The van der Waals surface area contributed by atoms with Gasteiger partial charge in [0.05, 0.1) is 0 Å². The fourth-order valence-electron chi connectivity index (χ4n) is 7.86. The number of rotatable bonds is 47. The normalized spacial score (nSPS) is 11.9. The Morgan fingerprint density at radius 2 is 0.569 bits per heavy atom. The third-order valence-corrected chi connectivity index (χ3v) is 11.8. The number of carbonyl (C=O) groups is 3. The largest absolute Gasteiger partial charge is 0.462 e. The Hall–Kier alpha value is -1.59. The van der Waals surface area contributed by atoms with Crippen LogP contribution in [0.25, 0.3) is 0 Å². The van der Waals surface area contributed by atoms with E-state index in [0.29, 0.717) is 19.3 Å². The van der Waals surface area contributed by atoms with Crippen molar-refractivity contribution in [2.24, 2.45) is 5.92 Å². The number of ether oxygens (including phenoxy) is 3. The summed E-state index contributed by atoms with van der Waals surface area (Å²) < 4.78 is 16.8. The van der Waals surface area contributed by atoms with Crippen LogP contribution in [-0.2, 0) is 28.6 Å². The van der Waals surface area contributed by atoms with Gasteiger partial charge in [-0.25, -0.2) is 0 Å². The molecular weight excluding hydrogens is 721 g/mol. The van der Waals surface area contributed by atoms with Gasteiger partial charge in [-0.2, -0.15) is 0 Å². The van der Waals surface area contributed by atoms with Gasteiger partial charge in [0.15, 0.2) is 6.10 Å². The van der Waals surface area contributed by atoms with Gasteiger partial charge in [-0.3, -0.25) is 14.4 Å². The molecule has 0 aromatic rings. The molecule has 0 saturated carbocycles. The van der Waals surface area contributed by atoms with Crippen LogP contribution in [0.1, 0.15) is 291 Å². The monoisotopic (exact) mass is 821 g/mol. The molecule has 0 aromatic carbocycles. The molecule has 0 unspecified atom stereocenters. The third-order valence-electron chi connectivity index (χ3n) is 11.8. The predicted molar refractivity (Wildman–Crippen MR) is 247 cm³/mol. The van der Waals surface area contributed by atoms with Crippen LogP contribution in [0.2, 0.25) is 0 Å². The number of esters is 3. The van der Waals surface area contributed by atoms with E-state index >= 15 is 0 Å². The smallest absolute Gasteiger partial charge is 0.306 e. The summed E-state index contributed by atoms with van der Waals surface area (Å²) in [5, 5.41) is 0. The first kappa shape index (κ1) is 56.4. The summed E-state index contributed by atoms with van der Waals surface area (Å²) in [6.07, 6.45) is 48.0. The Morgan fingerprint density at radius 1 is 0.328 bits per heavy atom. The maximum absolute atomic E-state index is 12.8. The zero-order valence-corrected chi connectivity index (χ0v) is 39.5. The molecule has 6 nitrogen and oxygen atoms in total. The van der Waals surface area contributed by atoms with Crippen LogP contribution in [-0.4, -0.2) is 37.2 Å². The van der Waals surface area contributed by atoms with Crippen molar-refractivity contribution in [3.8, 4) is 0 Å². The second kappa shape index (κ2) is 46.5. The molecule has 0 aliphatic heterocycles. The van der Waals surface area contributed by atoms with Crippen LogP contribution in [0.5, 0.6) is 0 Å². The molecule has 0 aliphatic carbocycles. The van der Waals surface area contributed by atoms with E-state index in [2.05, 4.69) is 27.7 Å². The first-order chi connectivity index (χ1) is 28.4. The van der Waals surface area contributed by atoms with Gasteiger partial charge in [0, 0.05) is 19.3 Å². The van der Waals surface area contributed by atoms with Crippen LogP contribution >= 0.6 is 0 Å². The second-order valence-corrected chi connectivity index (χ2v) is 18.3. The topological polar surface area (TPSA) is 78.9 Å². The highest BCUT2D eigenvalue weighted by atomic mass is 16.6. The van der Waals surface area contributed by atoms with Crippen molar-refractivity contribution in [3.05, 3.63) is 0 Å². The summed E-state index contributed by atoms with van der Waals surface area (Å²) in [7, 11) is 0. The summed E-state index contributed by atoms with van der Waals surface area (Å²) in [5.74, 6) is -0.0363. The van der Waals surface area contributed by atoms with E-state index in [1.54, 1.807) is 0 Å². The van der Waals surface area contributed by atoms with E-state index in [-0.39, 0.29) is 31.1 Å². The standard InChI is InChI=1S/C52H100O6/c1-5-7-9-11-13-15-17-19-20-22-23-27-31-35-39-43-50(53)56-46-49(47-57-51(54)44-40-36-32-29-25-26-30-34-38-42-48(3)4)58-52(55)45-41-37-33-28-24-21-18-16-14-12-10-8-6-2/h48-49H,5-47H2,1-4H3/t49-/m1/s1. The molecule has 0 amide bonds. The van der Waals surface area contributed by atoms with E-state index in [0.717, 1.165) is 63.7 Å². The summed E-state index contributed by atoms with van der Waals surface area (Å²) in [6.45, 7) is 9.01. The van der Waals surface area contributed by atoms with Crippen molar-refractivity contribution in [1.29, 1.82) is 0 Å². The van der Waals surface area contributed by atoms with E-state index in [1.165, 1.54) is 186 Å². The van der Waals surface area contributed by atoms with Gasteiger partial charge in [0.25, 0.3) is 0 Å². The van der Waals surface area contributed by atoms with Gasteiger partial charge in [0.1, 0.15) is 13.2 Å². The van der Waals surface area contributed by atoms with Crippen molar-refractivity contribution in [2.75, 3.05) is 13.2 Å². The highest BCUT2D eigenvalue weighted by molar-refractivity contribution is 5.71. The zero-order chi connectivity index (χ0) is 42.4. The maximum Gasteiger partial charge on any atom is 0.306 e. The maximum atomic E-state index is 12.8. The van der Waals surface area contributed by atoms with Gasteiger partial charge >= 0.3 is 17.9 Å². The van der Waals surface area contributed by atoms with Gasteiger partial charge < -0.3 is 14.2 Å². The molecule has 0 rings (SSSR count).